The number of anilines is 1. The summed E-state index contributed by atoms with van der Waals surface area (Å²) in [4.78, 5) is 16.4. The quantitative estimate of drug-likeness (QED) is 0.646. The number of benzene rings is 1. The van der Waals surface area contributed by atoms with Crippen LogP contribution in [0.2, 0.25) is 0 Å². The number of nitrogens with two attached hydrogens (primary N) is 1. The molecule has 0 amide bonds. The predicted molar refractivity (Wildman–Crippen MR) is 102 cm³/mol. The van der Waals surface area contributed by atoms with Gasteiger partial charge in [0.25, 0.3) is 0 Å². The maximum absolute atomic E-state index is 16.1. The van der Waals surface area contributed by atoms with Crippen LogP contribution in [0.25, 0.3) is 5.52 Å². The van der Waals surface area contributed by atoms with E-state index in [1.165, 1.54) is 16.9 Å². The number of fused-ring (bicyclic) bond motifs is 1. The summed E-state index contributed by atoms with van der Waals surface area (Å²) in [7, 11) is 0. The lowest BCUT2D eigenvalue weighted by Gasteiger charge is -2.32. The van der Waals surface area contributed by atoms with Crippen molar-refractivity contribution >= 4 is 17.3 Å². The number of esters is 1. The third kappa shape index (κ3) is 2.85. The van der Waals surface area contributed by atoms with Crippen LogP contribution in [-0.4, -0.2) is 43.6 Å². The first-order valence-electron chi connectivity index (χ1n) is 9.23. The van der Waals surface area contributed by atoms with Crippen molar-refractivity contribution in [3.63, 3.8) is 0 Å². The number of alkyl halides is 1. The summed E-state index contributed by atoms with van der Waals surface area (Å²) in [6, 6.07) is 11.3. The van der Waals surface area contributed by atoms with Crippen LogP contribution in [0.15, 0.2) is 48.8 Å². The molecule has 3 heterocycles. The molecule has 3 N–H and O–H groups in total. The van der Waals surface area contributed by atoms with Gasteiger partial charge in [-0.2, -0.15) is 5.10 Å². The Balaban J connectivity index is 1.74. The maximum Gasteiger partial charge on any atom is 0.338 e. The largest absolute Gasteiger partial charge is 0.452 e. The van der Waals surface area contributed by atoms with Crippen LogP contribution in [0.1, 0.15) is 36.3 Å². The first-order valence-corrected chi connectivity index (χ1v) is 9.23. The molecule has 9 heteroatoms. The highest BCUT2D eigenvalue weighted by atomic mass is 19.1. The van der Waals surface area contributed by atoms with E-state index in [-0.39, 0.29) is 17.1 Å². The number of rotatable bonds is 4. The van der Waals surface area contributed by atoms with Crippen LogP contribution in [0.4, 0.5) is 10.2 Å². The van der Waals surface area contributed by atoms with Crippen molar-refractivity contribution in [3.8, 4) is 0 Å². The summed E-state index contributed by atoms with van der Waals surface area (Å²) in [5, 5.41) is 15.4. The molecule has 29 heavy (non-hydrogen) atoms. The number of nitrogen functional groups attached to an aromatic ring is 1. The number of carbonyl (C=O) groups excluding carboxylic acids is 1. The lowest BCUT2D eigenvalue weighted by Crippen LogP contribution is -2.50. The molecule has 152 valence electrons. The second-order valence-corrected chi connectivity index (χ2v) is 7.14. The molecule has 0 spiro atoms. The van der Waals surface area contributed by atoms with E-state index < -0.39 is 29.6 Å². The molecule has 8 nitrogen and oxygen atoms in total. The molecule has 0 bridgehead atoms. The number of aliphatic hydroxyl groups is 1. The molecule has 3 aromatic rings. The summed E-state index contributed by atoms with van der Waals surface area (Å²) >= 11 is 0. The van der Waals surface area contributed by atoms with Gasteiger partial charge in [0.05, 0.1) is 5.56 Å². The summed E-state index contributed by atoms with van der Waals surface area (Å²) in [5.41, 5.74) is 4.07. The van der Waals surface area contributed by atoms with Gasteiger partial charge in [0.15, 0.2) is 11.9 Å². The minimum Gasteiger partial charge on any atom is -0.452 e. The first-order chi connectivity index (χ1) is 13.8. The van der Waals surface area contributed by atoms with Crippen molar-refractivity contribution in [3.05, 3.63) is 60.0 Å². The Morgan fingerprint density at radius 3 is 2.76 bits per heavy atom. The third-order valence-electron chi connectivity index (χ3n) is 5.33. The average Bonchev–Trinajstić information content (AvgIpc) is 3.23. The minimum absolute atomic E-state index is 0.0308. The number of ether oxygens (including phenoxy) is 2. The molecule has 1 saturated heterocycles. The van der Waals surface area contributed by atoms with E-state index in [1.54, 1.807) is 43.3 Å². The standard InChI is InChI=1S/C20H21FN4O4/c1-3-14-16(28-18(26)12-7-5-4-6-8-12)19(2,21)20(27,29-14)15-10-9-13-17(22)23-11-24-25(13)15/h4-11,14,16,27H,3H2,1-2H3,(H2,22,23,24)/t14-,16-,19-,20?/m1/s1. The summed E-state index contributed by atoms with van der Waals surface area (Å²) in [5.74, 6) is -2.94. The van der Waals surface area contributed by atoms with E-state index in [2.05, 4.69) is 10.1 Å². The molecule has 0 radical (unpaired) electrons. The maximum atomic E-state index is 16.1. The fourth-order valence-corrected chi connectivity index (χ4v) is 3.70. The Labute approximate surface area is 166 Å². The van der Waals surface area contributed by atoms with Crippen molar-refractivity contribution in [1.82, 2.24) is 14.6 Å². The highest BCUT2D eigenvalue weighted by Crippen LogP contribution is 2.50. The minimum atomic E-state index is -2.47. The second-order valence-electron chi connectivity index (χ2n) is 7.14. The highest BCUT2D eigenvalue weighted by molar-refractivity contribution is 5.89. The van der Waals surface area contributed by atoms with Crippen molar-refractivity contribution < 1.29 is 23.8 Å². The van der Waals surface area contributed by atoms with Gasteiger partial charge >= 0.3 is 5.97 Å². The van der Waals surface area contributed by atoms with E-state index >= 15 is 4.39 Å². The van der Waals surface area contributed by atoms with E-state index in [9.17, 15) is 9.90 Å². The third-order valence-corrected chi connectivity index (χ3v) is 5.33. The van der Waals surface area contributed by atoms with Crippen LogP contribution >= 0.6 is 0 Å². The molecule has 4 rings (SSSR count). The van der Waals surface area contributed by atoms with Crippen LogP contribution in [-0.2, 0) is 15.3 Å². The van der Waals surface area contributed by atoms with E-state index in [1.807, 2.05) is 0 Å². The van der Waals surface area contributed by atoms with Gasteiger partial charge < -0.3 is 20.3 Å². The van der Waals surface area contributed by atoms with E-state index in [0.29, 0.717) is 11.9 Å². The van der Waals surface area contributed by atoms with Crippen molar-refractivity contribution in [2.24, 2.45) is 0 Å². The monoisotopic (exact) mass is 400 g/mol. The molecule has 1 fully saturated rings. The van der Waals surface area contributed by atoms with Gasteiger partial charge in [0.2, 0.25) is 11.5 Å². The topological polar surface area (TPSA) is 112 Å². The number of carbonyl (C=O) groups is 1. The van der Waals surface area contributed by atoms with Crippen LogP contribution in [0.5, 0.6) is 0 Å². The molecule has 0 saturated carbocycles. The molecule has 1 aliphatic rings. The van der Waals surface area contributed by atoms with Gasteiger partial charge in [-0.15, -0.1) is 0 Å². The van der Waals surface area contributed by atoms with Crippen LogP contribution in [0, 0.1) is 0 Å². The van der Waals surface area contributed by atoms with E-state index in [4.69, 9.17) is 15.2 Å². The van der Waals surface area contributed by atoms with Gasteiger partial charge in [-0.05, 0) is 37.6 Å². The Morgan fingerprint density at radius 2 is 2.07 bits per heavy atom. The zero-order valence-electron chi connectivity index (χ0n) is 15.9. The van der Waals surface area contributed by atoms with Gasteiger partial charge in [0.1, 0.15) is 23.6 Å². The number of hydrogen-bond acceptors (Lipinski definition) is 7. The fraction of sp³-hybridized carbons (Fsp3) is 0.350. The molecule has 4 atom stereocenters. The predicted octanol–water partition coefficient (Wildman–Crippen LogP) is 2.22. The SMILES string of the molecule is CC[C@H]1OC(O)(c2ccc3c(N)ncnn23)[C@](C)(F)[C@@H]1OC(=O)c1ccccc1. The number of hydrogen-bond donors (Lipinski definition) is 2. The molecule has 0 aliphatic carbocycles. The van der Waals surface area contributed by atoms with Gasteiger partial charge in [-0.3, -0.25) is 0 Å². The number of nitrogens with zero attached hydrogens (tertiary/aromatic N) is 3. The molecule has 2 aromatic heterocycles. The lowest BCUT2D eigenvalue weighted by molar-refractivity contribution is -0.254. The summed E-state index contributed by atoms with van der Waals surface area (Å²) < 4.78 is 28.6. The normalized spacial score (nSPS) is 29.2. The van der Waals surface area contributed by atoms with Gasteiger partial charge in [-0.25, -0.2) is 18.7 Å². The number of halogens is 1. The summed E-state index contributed by atoms with van der Waals surface area (Å²) in [6.45, 7) is 2.90. The highest BCUT2D eigenvalue weighted by Gasteiger charge is 2.67. The average molecular weight is 400 g/mol. The van der Waals surface area contributed by atoms with Crippen molar-refractivity contribution in [1.29, 1.82) is 0 Å². The second kappa shape index (κ2) is 6.78. The fourth-order valence-electron chi connectivity index (χ4n) is 3.70. The zero-order chi connectivity index (χ0) is 20.8. The zero-order valence-corrected chi connectivity index (χ0v) is 15.9. The van der Waals surface area contributed by atoms with E-state index in [0.717, 1.165) is 6.92 Å². The van der Waals surface area contributed by atoms with Gasteiger partial charge in [0, 0.05) is 0 Å². The van der Waals surface area contributed by atoms with Gasteiger partial charge in [-0.1, -0.05) is 25.1 Å². The van der Waals surface area contributed by atoms with Crippen molar-refractivity contribution in [2.45, 2.75) is 43.9 Å². The molecule has 1 aromatic carbocycles. The lowest BCUT2D eigenvalue weighted by atomic mass is 9.89. The number of aromatic nitrogens is 3. The van der Waals surface area contributed by atoms with Crippen molar-refractivity contribution in [2.75, 3.05) is 5.73 Å². The molecular formula is C20H21FN4O4. The summed E-state index contributed by atoms with van der Waals surface area (Å²) in [6.07, 6.45) is -0.693. The Kier molecular flexibility index (Phi) is 4.51. The van der Waals surface area contributed by atoms with Crippen LogP contribution < -0.4 is 5.73 Å². The molecular weight excluding hydrogens is 379 g/mol. The Hall–Kier alpha value is -3.04. The molecule has 1 unspecified atom stereocenters. The van der Waals surface area contributed by atoms with Crippen LogP contribution in [0.3, 0.4) is 0 Å². The molecule has 1 aliphatic heterocycles. The Bertz CT molecular complexity index is 1060. The first kappa shape index (κ1) is 19.3. The smallest absolute Gasteiger partial charge is 0.338 e. The Morgan fingerprint density at radius 1 is 1.34 bits per heavy atom.